The summed E-state index contributed by atoms with van der Waals surface area (Å²) >= 11 is 0. The molecule has 0 bridgehead atoms. The highest BCUT2D eigenvalue weighted by molar-refractivity contribution is 6.05. The van der Waals surface area contributed by atoms with Crippen molar-refractivity contribution in [1.82, 2.24) is 19.5 Å². The van der Waals surface area contributed by atoms with E-state index in [0.717, 1.165) is 85.8 Å². The smallest absolute Gasteiger partial charge is 0.164 e. The largest absolute Gasteiger partial charge is 0.456 e. The number of rotatable bonds is 13. The van der Waals surface area contributed by atoms with Crippen LogP contribution < -0.4 is 0 Å². The predicted octanol–water partition coefficient (Wildman–Crippen LogP) is 16.4. The van der Waals surface area contributed by atoms with Crippen LogP contribution in [0.3, 0.4) is 0 Å². The number of hydrogen-bond donors (Lipinski definition) is 0. The van der Waals surface area contributed by atoms with E-state index < -0.39 is 0 Å². The molecule has 0 amide bonds. The van der Waals surface area contributed by atoms with Crippen molar-refractivity contribution in [2.75, 3.05) is 0 Å². The summed E-state index contributed by atoms with van der Waals surface area (Å²) in [7, 11) is 0. The monoisotopic (exact) mass is 878 g/mol. The number of allylic oxidation sites excluding steroid dienone is 2. The Morgan fingerprint density at radius 3 is 1.90 bits per heavy atom. The Bertz CT molecular complexity index is 3640. The highest BCUT2D eigenvalue weighted by Gasteiger charge is 2.20. The molecule has 328 valence electrons. The first-order valence-electron chi connectivity index (χ1n) is 23.6. The van der Waals surface area contributed by atoms with E-state index in [4.69, 9.17) is 19.4 Å². The molecule has 8 aromatic carbocycles. The molecule has 0 saturated heterocycles. The molecule has 5 heteroatoms. The Morgan fingerprint density at radius 2 is 1.13 bits per heavy atom. The second-order valence-electron chi connectivity index (χ2n) is 17.4. The molecule has 0 aliphatic rings. The highest BCUT2D eigenvalue weighted by atomic mass is 16.3. The van der Waals surface area contributed by atoms with Crippen molar-refractivity contribution in [2.45, 2.75) is 39.0 Å². The van der Waals surface area contributed by atoms with Crippen LogP contribution in [-0.2, 0) is 12.8 Å². The first-order valence-corrected chi connectivity index (χ1v) is 23.6. The van der Waals surface area contributed by atoms with E-state index in [-0.39, 0.29) is 0 Å². The van der Waals surface area contributed by atoms with E-state index in [1.165, 1.54) is 33.3 Å². The zero-order valence-corrected chi connectivity index (χ0v) is 38.3. The lowest BCUT2D eigenvalue weighted by molar-refractivity contribution is 0.659. The van der Waals surface area contributed by atoms with Crippen molar-refractivity contribution in [3.8, 4) is 51.0 Å². The summed E-state index contributed by atoms with van der Waals surface area (Å²) in [6.45, 7) is 9.15. The van der Waals surface area contributed by atoms with Crippen molar-refractivity contribution < 1.29 is 4.42 Å². The van der Waals surface area contributed by atoms with Crippen LogP contribution in [0.5, 0.6) is 0 Å². The molecule has 5 nitrogen and oxygen atoms in total. The van der Waals surface area contributed by atoms with Gasteiger partial charge in [0, 0.05) is 49.8 Å². The summed E-state index contributed by atoms with van der Waals surface area (Å²) in [5.41, 5.74) is 16.0. The van der Waals surface area contributed by atoms with Crippen molar-refractivity contribution >= 4 is 44.5 Å². The maximum absolute atomic E-state index is 6.33. The maximum Gasteiger partial charge on any atom is 0.164 e. The fourth-order valence-electron chi connectivity index (χ4n) is 9.78. The van der Waals surface area contributed by atoms with Crippen LogP contribution in [0, 0.1) is 0 Å². The minimum absolute atomic E-state index is 0.434. The van der Waals surface area contributed by atoms with Crippen molar-refractivity contribution in [2.24, 2.45) is 0 Å². The van der Waals surface area contributed by atoms with Crippen LogP contribution in [-0.4, -0.2) is 19.5 Å². The van der Waals surface area contributed by atoms with Crippen molar-refractivity contribution in [3.05, 3.63) is 241 Å². The summed E-state index contributed by atoms with van der Waals surface area (Å²) in [4.78, 5) is 15.5. The van der Waals surface area contributed by atoms with E-state index in [9.17, 15) is 0 Å². The van der Waals surface area contributed by atoms with Gasteiger partial charge in [-0.3, -0.25) is 0 Å². The molecular formula is C63H50N4O. The highest BCUT2D eigenvalue weighted by Crippen LogP contribution is 2.36. The molecule has 0 radical (unpaired) electrons. The summed E-state index contributed by atoms with van der Waals surface area (Å²) in [5, 5.41) is 3.33. The minimum atomic E-state index is 0.434. The van der Waals surface area contributed by atoms with Gasteiger partial charge in [0.2, 0.25) is 0 Å². The Balaban J connectivity index is 0.980. The summed E-state index contributed by atoms with van der Waals surface area (Å²) in [6.07, 6.45) is 7.31. The number of benzene rings is 8. The predicted molar refractivity (Wildman–Crippen MR) is 283 cm³/mol. The zero-order chi connectivity index (χ0) is 46.0. The molecule has 1 atom stereocenters. The number of fused-ring (bicyclic) bond motifs is 4. The summed E-state index contributed by atoms with van der Waals surface area (Å²) < 4.78 is 8.72. The molecule has 0 fully saturated rings. The lowest BCUT2D eigenvalue weighted by atomic mass is 9.87. The lowest BCUT2D eigenvalue weighted by Crippen LogP contribution is -2.04. The molecule has 0 aliphatic heterocycles. The molecule has 0 spiro atoms. The van der Waals surface area contributed by atoms with Gasteiger partial charge in [0.15, 0.2) is 17.5 Å². The first kappa shape index (κ1) is 42.2. The molecule has 11 aromatic rings. The third-order valence-electron chi connectivity index (χ3n) is 13.3. The van der Waals surface area contributed by atoms with Crippen LogP contribution in [0.15, 0.2) is 217 Å². The molecule has 0 saturated carbocycles. The number of para-hydroxylation sites is 2. The van der Waals surface area contributed by atoms with Crippen LogP contribution in [0.25, 0.3) is 95.5 Å². The fourth-order valence-corrected chi connectivity index (χ4v) is 9.78. The Morgan fingerprint density at radius 1 is 0.544 bits per heavy atom. The number of hydrogen-bond acceptors (Lipinski definition) is 4. The van der Waals surface area contributed by atoms with Gasteiger partial charge in [-0.25, -0.2) is 15.0 Å². The average molecular weight is 879 g/mol. The van der Waals surface area contributed by atoms with Gasteiger partial charge in [0.05, 0.1) is 5.52 Å². The van der Waals surface area contributed by atoms with E-state index in [1.807, 2.05) is 30.3 Å². The molecule has 11 rings (SSSR count). The normalized spacial score (nSPS) is 12.1. The van der Waals surface area contributed by atoms with Crippen LogP contribution >= 0.6 is 0 Å². The third-order valence-corrected chi connectivity index (χ3v) is 13.3. The fraction of sp³-hybridized carbons (Fsp3) is 0.0952. The summed E-state index contributed by atoms with van der Waals surface area (Å²) in [5.74, 6) is 2.19. The van der Waals surface area contributed by atoms with Gasteiger partial charge in [0.1, 0.15) is 11.2 Å². The first-order chi connectivity index (χ1) is 33.5. The molecule has 1 unspecified atom stereocenters. The second kappa shape index (κ2) is 18.5. The average Bonchev–Trinajstić information content (AvgIpc) is 3.95. The van der Waals surface area contributed by atoms with Crippen molar-refractivity contribution in [3.63, 3.8) is 0 Å². The van der Waals surface area contributed by atoms with Gasteiger partial charge >= 0.3 is 0 Å². The molecule has 3 aromatic heterocycles. The van der Waals surface area contributed by atoms with Gasteiger partial charge in [0.25, 0.3) is 0 Å². The number of aromatic nitrogens is 4. The Kier molecular flexibility index (Phi) is 11.5. The molecule has 3 heterocycles. The topological polar surface area (TPSA) is 56.7 Å². The van der Waals surface area contributed by atoms with E-state index in [2.05, 4.69) is 207 Å². The lowest BCUT2D eigenvalue weighted by Gasteiger charge is -2.18. The molecule has 0 aliphatic carbocycles. The standard InChI is InChI=1S/C63H50N4O/c1-4-43(44-19-8-6-9-20-44)39-48-23-12-13-26-52(48)42(3)31-37-54-53-27-14-16-29-58(53)67(57(54)5-2)51-25-18-24-49(40-51)62-64-61(47-34-32-46(33-35-47)45-21-10-7-11-22-45)65-63(66-62)50-36-38-56-55-28-15-17-30-59(55)68-60(56)41-50/h6-38,40-41,43H,3-5,39H2,1-2H3/b37-31-. The Labute approximate surface area is 397 Å². The van der Waals surface area contributed by atoms with Crippen LogP contribution in [0.2, 0.25) is 0 Å². The van der Waals surface area contributed by atoms with Gasteiger partial charge in [-0.15, -0.1) is 0 Å². The van der Waals surface area contributed by atoms with Crippen molar-refractivity contribution in [1.29, 1.82) is 0 Å². The molecule has 0 N–H and O–H groups in total. The van der Waals surface area contributed by atoms with Gasteiger partial charge in [-0.1, -0.05) is 196 Å². The van der Waals surface area contributed by atoms with Gasteiger partial charge in [-0.05, 0) is 95.0 Å². The minimum Gasteiger partial charge on any atom is -0.456 e. The molecular weight excluding hydrogens is 829 g/mol. The summed E-state index contributed by atoms with van der Waals surface area (Å²) in [6, 6.07) is 70.1. The van der Waals surface area contributed by atoms with Crippen LogP contribution in [0.1, 0.15) is 54.1 Å². The van der Waals surface area contributed by atoms with E-state index >= 15 is 0 Å². The van der Waals surface area contributed by atoms with Gasteiger partial charge < -0.3 is 8.98 Å². The Hall–Kier alpha value is -8.41. The van der Waals surface area contributed by atoms with Crippen LogP contribution in [0.4, 0.5) is 0 Å². The van der Waals surface area contributed by atoms with Gasteiger partial charge in [-0.2, -0.15) is 0 Å². The maximum atomic E-state index is 6.33. The quantitative estimate of drug-likeness (QED) is 0.108. The van der Waals surface area contributed by atoms with E-state index in [0.29, 0.717) is 23.4 Å². The molecule has 68 heavy (non-hydrogen) atoms. The number of nitrogens with zero attached hydrogens (tertiary/aromatic N) is 4. The van der Waals surface area contributed by atoms with E-state index in [1.54, 1.807) is 0 Å². The third kappa shape index (κ3) is 8.13. The SMILES string of the molecule is C=C(/C=C\c1c(CC)n(-c2cccc(-c3nc(-c4ccc(-c5ccccc5)cc4)nc(-c4ccc5c(c4)oc4ccccc45)n3)c2)c2ccccc12)c1ccccc1CC(CC)c1ccccc1. The number of furan rings is 1. The zero-order valence-electron chi connectivity index (χ0n) is 38.3. The second-order valence-corrected chi connectivity index (χ2v) is 17.4.